The molecule has 1 atom stereocenters. The third-order valence-corrected chi connectivity index (χ3v) is 3.83. The number of hydrogen-bond acceptors (Lipinski definition) is 5. The third kappa shape index (κ3) is 3.71. The van der Waals surface area contributed by atoms with Gasteiger partial charge in [-0.25, -0.2) is 0 Å². The number of hydrogen-bond donors (Lipinski definition) is 1. The third-order valence-electron chi connectivity index (χ3n) is 3.83. The van der Waals surface area contributed by atoms with Crippen LogP contribution in [-0.2, 0) is 11.3 Å². The monoisotopic (exact) mass is 300 g/mol. The van der Waals surface area contributed by atoms with Crippen molar-refractivity contribution in [3.8, 4) is 11.3 Å². The molecule has 0 saturated carbocycles. The van der Waals surface area contributed by atoms with Crippen LogP contribution in [0, 0.1) is 0 Å². The maximum absolute atomic E-state index is 11.2. The van der Waals surface area contributed by atoms with E-state index in [4.69, 9.17) is 4.52 Å². The zero-order valence-electron chi connectivity index (χ0n) is 12.7. The van der Waals surface area contributed by atoms with E-state index in [0.29, 0.717) is 6.54 Å². The fraction of sp³-hybridized carbons (Fsp3) is 0.438. The molecule has 6 heteroatoms. The van der Waals surface area contributed by atoms with E-state index in [1.165, 1.54) is 0 Å². The number of piperidine rings is 1. The molecule has 3 rings (SSSR count). The average molecular weight is 300 g/mol. The van der Waals surface area contributed by atoms with Crippen molar-refractivity contribution in [3.63, 3.8) is 0 Å². The maximum Gasteiger partial charge on any atom is 0.217 e. The molecule has 3 heterocycles. The molecule has 2 aromatic heterocycles. The molecule has 0 radical (unpaired) electrons. The van der Waals surface area contributed by atoms with Gasteiger partial charge in [0.05, 0.1) is 6.54 Å². The van der Waals surface area contributed by atoms with Gasteiger partial charge in [0, 0.05) is 43.5 Å². The van der Waals surface area contributed by atoms with E-state index in [1.807, 2.05) is 18.2 Å². The minimum Gasteiger partial charge on any atom is -0.359 e. The van der Waals surface area contributed by atoms with Gasteiger partial charge in [-0.05, 0) is 31.5 Å². The zero-order chi connectivity index (χ0) is 15.4. The fourth-order valence-electron chi connectivity index (χ4n) is 2.87. The molecule has 0 bridgehead atoms. The van der Waals surface area contributed by atoms with Gasteiger partial charge in [-0.3, -0.25) is 14.7 Å². The first-order chi connectivity index (χ1) is 10.7. The van der Waals surface area contributed by atoms with Crippen LogP contribution in [0.25, 0.3) is 11.3 Å². The van der Waals surface area contributed by atoms with Crippen LogP contribution in [-0.4, -0.2) is 40.1 Å². The van der Waals surface area contributed by atoms with Crippen LogP contribution >= 0.6 is 0 Å². The molecule has 1 amide bonds. The van der Waals surface area contributed by atoms with Crippen molar-refractivity contribution < 1.29 is 9.32 Å². The topological polar surface area (TPSA) is 71.3 Å². The highest BCUT2D eigenvalue weighted by Gasteiger charge is 2.21. The van der Waals surface area contributed by atoms with Crippen LogP contribution in [0.4, 0.5) is 0 Å². The minimum atomic E-state index is 0.0338. The normalized spacial score (nSPS) is 19.0. The quantitative estimate of drug-likeness (QED) is 0.933. The summed E-state index contributed by atoms with van der Waals surface area (Å²) in [5.74, 6) is 0.877. The van der Waals surface area contributed by atoms with Crippen molar-refractivity contribution in [1.29, 1.82) is 0 Å². The second kappa shape index (κ2) is 6.70. The van der Waals surface area contributed by atoms with E-state index >= 15 is 0 Å². The van der Waals surface area contributed by atoms with Crippen molar-refractivity contribution in [2.45, 2.75) is 32.4 Å². The lowest BCUT2D eigenvalue weighted by Crippen LogP contribution is -2.46. The van der Waals surface area contributed by atoms with Crippen LogP contribution in [0.2, 0.25) is 0 Å². The lowest BCUT2D eigenvalue weighted by atomic mass is 10.1. The van der Waals surface area contributed by atoms with Crippen molar-refractivity contribution in [2.24, 2.45) is 0 Å². The molecule has 0 aliphatic carbocycles. The number of carbonyl (C=O) groups is 1. The van der Waals surface area contributed by atoms with E-state index in [9.17, 15) is 4.79 Å². The van der Waals surface area contributed by atoms with Gasteiger partial charge in [0.15, 0.2) is 5.76 Å². The fourth-order valence-corrected chi connectivity index (χ4v) is 2.87. The Hall–Kier alpha value is -2.21. The molecular weight excluding hydrogens is 280 g/mol. The summed E-state index contributed by atoms with van der Waals surface area (Å²) in [7, 11) is 0. The first kappa shape index (κ1) is 14.7. The SMILES string of the molecule is CC(=O)N[C@@H]1CCCN(Cc2cc(-c3ccncc3)no2)C1. The average Bonchev–Trinajstić information content (AvgIpc) is 2.96. The summed E-state index contributed by atoms with van der Waals surface area (Å²) < 4.78 is 5.44. The highest BCUT2D eigenvalue weighted by molar-refractivity contribution is 5.73. The number of aromatic nitrogens is 2. The van der Waals surface area contributed by atoms with Crippen LogP contribution in [0.3, 0.4) is 0 Å². The van der Waals surface area contributed by atoms with E-state index < -0.39 is 0 Å². The van der Waals surface area contributed by atoms with Gasteiger partial charge in [-0.1, -0.05) is 5.16 Å². The molecular formula is C16H20N4O2. The number of likely N-dealkylation sites (tertiary alicyclic amines) is 1. The molecule has 2 aromatic rings. The lowest BCUT2D eigenvalue weighted by molar-refractivity contribution is -0.120. The summed E-state index contributed by atoms with van der Waals surface area (Å²) in [5, 5.41) is 7.11. The minimum absolute atomic E-state index is 0.0338. The molecule has 22 heavy (non-hydrogen) atoms. The smallest absolute Gasteiger partial charge is 0.217 e. The highest BCUT2D eigenvalue weighted by Crippen LogP contribution is 2.20. The molecule has 6 nitrogen and oxygen atoms in total. The van der Waals surface area contributed by atoms with Crippen LogP contribution in [0.1, 0.15) is 25.5 Å². The number of rotatable bonds is 4. The van der Waals surface area contributed by atoms with Crippen LogP contribution < -0.4 is 5.32 Å². The van der Waals surface area contributed by atoms with Gasteiger partial charge in [-0.15, -0.1) is 0 Å². The Morgan fingerprint density at radius 1 is 1.45 bits per heavy atom. The van der Waals surface area contributed by atoms with E-state index in [0.717, 1.165) is 42.9 Å². The molecule has 1 fully saturated rings. The van der Waals surface area contributed by atoms with E-state index in [2.05, 4.69) is 20.4 Å². The highest BCUT2D eigenvalue weighted by atomic mass is 16.5. The second-order valence-corrected chi connectivity index (χ2v) is 5.69. The van der Waals surface area contributed by atoms with Gasteiger partial charge in [-0.2, -0.15) is 0 Å². The summed E-state index contributed by atoms with van der Waals surface area (Å²) >= 11 is 0. The Morgan fingerprint density at radius 2 is 2.27 bits per heavy atom. The molecule has 0 aromatic carbocycles. The van der Waals surface area contributed by atoms with E-state index in [1.54, 1.807) is 19.3 Å². The van der Waals surface area contributed by atoms with Crippen LogP contribution in [0.15, 0.2) is 35.1 Å². The number of carbonyl (C=O) groups excluding carboxylic acids is 1. The summed E-state index contributed by atoms with van der Waals surface area (Å²) in [6.45, 7) is 4.15. The van der Waals surface area contributed by atoms with Gasteiger partial charge < -0.3 is 9.84 Å². The van der Waals surface area contributed by atoms with Crippen molar-refractivity contribution in [1.82, 2.24) is 20.4 Å². The van der Waals surface area contributed by atoms with Gasteiger partial charge in [0.1, 0.15) is 5.69 Å². The molecule has 1 aliphatic heterocycles. The molecule has 0 unspecified atom stereocenters. The molecule has 1 N–H and O–H groups in total. The summed E-state index contributed by atoms with van der Waals surface area (Å²) in [5.41, 5.74) is 1.83. The summed E-state index contributed by atoms with van der Waals surface area (Å²) in [4.78, 5) is 17.5. The molecule has 1 aliphatic rings. The Balaban J connectivity index is 1.61. The predicted octanol–water partition coefficient (Wildman–Crippen LogP) is 1.84. The van der Waals surface area contributed by atoms with Gasteiger partial charge in [0.2, 0.25) is 5.91 Å². The summed E-state index contributed by atoms with van der Waals surface area (Å²) in [6.07, 6.45) is 5.60. The predicted molar refractivity (Wildman–Crippen MR) is 81.8 cm³/mol. The first-order valence-corrected chi connectivity index (χ1v) is 7.56. The number of nitrogens with zero attached hydrogens (tertiary/aromatic N) is 3. The number of nitrogens with one attached hydrogen (secondary N) is 1. The van der Waals surface area contributed by atoms with Gasteiger partial charge in [0.25, 0.3) is 0 Å². The van der Waals surface area contributed by atoms with Crippen molar-refractivity contribution in [3.05, 3.63) is 36.4 Å². The Morgan fingerprint density at radius 3 is 3.05 bits per heavy atom. The molecule has 0 spiro atoms. The molecule has 1 saturated heterocycles. The largest absolute Gasteiger partial charge is 0.359 e. The number of amides is 1. The maximum atomic E-state index is 11.2. The van der Waals surface area contributed by atoms with Crippen molar-refractivity contribution in [2.75, 3.05) is 13.1 Å². The standard InChI is InChI=1S/C16H20N4O2/c1-12(21)18-14-3-2-8-20(10-14)11-15-9-16(19-22-15)13-4-6-17-7-5-13/h4-7,9,14H,2-3,8,10-11H2,1H3,(H,18,21)/t14-/m1/s1. The molecule has 116 valence electrons. The zero-order valence-corrected chi connectivity index (χ0v) is 12.7. The van der Waals surface area contributed by atoms with Crippen LogP contribution in [0.5, 0.6) is 0 Å². The Kier molecular flexibility index (Phi) is 4.48. The van der Waals surface area contributed by atoms with Gasteiger partial charge >= 0.3 is 0 Å². The lowest BCUT2D eigenvalue weighted by Gasteiger charge is -2.32. The second-order valence-electron chi connectivity index (χ2n) is 5.69. The van der Waals surface area contributed by atoms with Crippen molar-refractivity contribution >= 4 is 5.91 Å². The van der Waals surface area contributed by atoms with E-state index in [-0.39, 0.29) is 11.9 Å². The Bertz CT molecular complexity index is 626. The summed E-state index contributed by atoms with van der Waals surface area (Å²) in [6, 6.07) is 6.02. The first-order valence-electron chi connectivity index (χ1n) is 7.56. The Labute approximate surface area is 129 Å². The number of pyridine rings is 1.